The van der Waals surface area contributed by atoms with Crippen molar-refractivity contribution >= 4 is 46.8 Å². The van der Waals surface area contributed by atoms with Gasteiger partial charge in [0, 0.05) is 18.2 Å². The third kappa shape index (κ3) is 5.56. The molecule has 9 nitrogen and oxygen atoms in total. The fourth-order valence-electron chi connectivity index (χ4n) is 2.94. The molecule has 13 heteroatoms. The van der Waals surface area contributed by atoms with Crippen LogP contribution in [0.3, 0.4) is 0 Å². The monoisotopic (exact) mass is 510 g/mol. The maximum atomic E-state index is 13.9. The number of H-pyrrole nitrogens is 1. The second-order valence-electron chi connectivity index (χ2n) is 6.80. The van der Waals surface area contributed by atoms with Gasteiger partial charge in [0.2, 0.25) is 0 Å². The number of carboxylic acids is 1. The molecular weight excluding hydrogens is 497 g/mol. The summed E-state index contributed by atoms with van der Waals surface area (Å²) < 4.78 is 27.8. The van der Waals surface area contributed by atoms with Crippen molar-refractivity contribution in [3.05, 3.63) is 91.4 Å². The molecule has 34 heavy (non-hydrogen) atoms. The molecule has 2 aromatic carbocycles. The molecule has 0 bridgehead atoms. The lowest BCUT2D eigenvalue weighted by Crippen LogP contribution is -2.43. The van der Waals surface area contributed by atoms with E-state index in [0.717, 1.165) is 24.4 Å². The van der Waals surface area contributed by atoms with Crippen molar-refractivity contribution in [2.75, 3.05) is 5.32 Å². The topological polar surface area (TPSA) is 141 Å². The second kappa shape index (κ2) is 10.4. The number of hydrogen-bond acceptors (Lipinski definition) is 5. The molecule has 3 aromatic rings. The molecule has 0 spiro atoms. The van der Waals surface area contributed by atoms with Gasteiger partial charge in [0.15, 0.2) is 0 Å². The van der Waals surface area contributed by atoms with Crippen LogP contribution in [0.25, 0.3) is 0 Å². The van der Waals surface area contributed by atoms with Crippen molar-refractivity contribution in [2.45, 2.75) is 12.5 Å². The van der Waals surface area contributed by atoms with Crippen LogP contribution in [0, 0.1) is 11.6 Å². The highest BCUT2D eigenvalue weighted by atomic mass is 35.5. The summed E-state index contributed by atoms with van der Waals surface area (Å²) in [5.74, 6) is -6.29. The number of benzene rings is 2. The van der Waals surface area contributed by atoms with Crippen LogP contribution in [0.4, 0.5) is 14.6 Å². The molecule has 1 unspecified atom stereocenters. The minimum Gasteiger partial charge on any atom is -0.480 e. The van der Waals surface area contributed by atoms with Gasteiger partial charge in [0.25, 0.3) is 11.8 Å². The van der Waals surface area contributed by atoms with E-state index in [4.69, 9.17) is 23.2 Å². The lowest BCUT2D eigenvalue weighted by molar-refractivity contribution is -0.139. The van der Waals surface area contributed by atoms with E-state index in [0.29, 0.717) is 0 Å². The number of halogens is 4. The molecule has 0 aliphatic rings. The van der Waals surface area contributed by atoms with Crippen molar-refractivity contribution in [1.82, 2.24) is 15.3 Å². The van der Waals surface area contributed by atoms with E-state index in [9.17, 15) is 33.1 Å². The summed E-state index contributed by atoms with van der Waals surface area (Å²) in [6.45, 7) is 0. The first-order valence-corrected chi connectivity index (χ1v) is 10.1. The first kappa shape index (κ1) is 24.8. The number of carboxylic acid groups (broad SMARTS) is 1. The predicted molar refractivity (Wildman–Crippen MR) is 118 cm³/mol. The maximum Gasteiger partial charge on any atom is 0.346 e. The highest BCUT2D eigenvalue weighted by Crippen LogP contribution is 2.25. The van der Waals surface area contributed by atoms with Gasteiger partial charge in [-0.15, -0.1) is 0 Å². The number of hydrogen-bond donors (Lipinski definition) is 4. The summed E-state index contributed by atoms with van der Waals surface area (Å²) >= 11 is 12.0. The molecule has 0 aliphatic heterocycles. The van der Waals surface area contributed by atoms with Crippen LogP contribution < -0.4 is 16.3 Å². The summed E-state index contributed by atoms with van der Waals surface area (Å²) in [5.41, 5.74) is -1.95. The molecule has 0 saturated carbocycles. The Morgan fingerprint density at radius 1 is 1.00 bits per heavy atom. The van der Waals surface area contributed by atoms with E-state index in [2.05, 4.69) is 15.3 Å². The number of anilines is 1. The average molecular weight is 511 g/mol. The van der Waals surface area contributed by atoms with Gasteiger partial charge in [-0.3, -0.25) is 14.6 Å². The normalized spacial score (nSPS) is 11.5. The Morgan fingerprint density at radius 3 is 2.18 bits per heavy atom. The molecule has 0 aliphatic carbocycles. The van der Waals surface area contributed by atoms with Gasteiger partial charge >= 0.3 is 11.7 Å². The second-order valence-corrected chi connectivity index (χ2v) is 7.62. The van der Waals surface area contributed by atoms with Crippen molar-refractivity contribution in [1.29, 1.82) is 0 Å². The fraction of sp³-hybridized carbons (Fsp3) is 0.0952. The number of aromatic nitrogens is 2. The predicted octanol–water partition coefficient (Wildman–Crippen LogP) is 3.03. The van der Waals surface area contributed by atoms with Gasteiger partial charge in [-0.25, -0.2) is 23.4 Å². The van der Waals surface area contributed by atoms with Gasteiger partial charge in [0.1, 0.15) is 29.1 Å². The number of rotatable bonds is 7. The van der Waals surface area contributed by atoms with E-state index in [1.54, 1.807) is 0 Å². The first-order chi connectivity index (χ1) is 16.1. The van der Waals surface area contributed by atoms with E-state index < -0.39 is 53.1 Å². The lowest BCUT2D eigenvalue weighted by Gasteiger charge is -2.17. The standard InChI is InChI=1S/C21H14Cl2F2N4O5/c22-10-3-1-4-11(23)15(10)18(30)28-17-9(8-26-21(34)29-17)7-14(20(32)33)27-19(31)16-12(24)5-2-6-13(16)25/h1-6,8,14H,7H2,(H,27,31)(H,32,33)(H2,26,28,29,30,34). The molecule has 0 radical (unpaired) electrons. The third-order valence-electron chi connectivity index (χ3n) is 4.54. The summed E-state index contributed by atoms with van der Waals surface area (Å²) in [6.07, 6.45) is 0.460. The minimum absolute atomic E-state index is 0.0159. The molecule has 0 saturated heterocycles. The first-order valence-electron chi connectivity index (χ1n) is 9.39. The summed E-state index contributed by atoms with van der Waals surface area (Å²) in [4.78, 5) is 54.2. The Balaban J connectivity index is 1.89. The van der Waals surface area contributed by atoms with Crippen LogP contribution in [0.2, 0.25) is 10.0 Å². The highest BCUT2D eigenvalue weighted by Gasteiger charge is 2.26. The molecule has 1 heterocycles. The van der Waals surface area contributed by atoms with Crippen molar-refractivity contribution in [3.63, 3.8) is 0 Å². The molecule has 0 fully saturated rings. The SMILES string of the molecule is O=C(NC(Cc1cnc(=O)[nH]c1NC(=O)c1c(Cl)cccc1Cl)C(=O)O)c1c(F)cccc1F. The molecule has 1 atom stereocenters. The van der Waals surface area contributed by atoms with Crippen LogP contribution in [0.5, 0.6) is 0 Å². The van der Waals surface area contributed by atoms with Gasteiger partial charge in [-0.2, -0.15) is 0 Å². The number of nitrogens with one attached hydrogen (secondary N) is 3. The number of amides is 2. The minimum atomic E-state index is -1.71. The smallest absolute Gasteiger partial charge is 0.346 e. The number of carbonyl (C=O) groups is 3. The Bertz CT molecular complexity index is 1310. The van der Waals surface area contributed by atoms with E-state index in [-0.39, 0.29) is 27.0 Å². The number of aliphatic carboxylic acids is 1. The molecule has 3 rings (SSSR count). The zero-order valence-corrected chi connectivity index (χ0v) is 18.4. The fourth-order valence-corrected chi connectivity index (χ4v) is 3.51. The molecule has 1 aromatic heterocycles. The average Bonchev–Trinajstić information content (AvgIpc) is 2.74. The van der Waals surface area contributed by atoms with Gasteiger partial charge in [-0.05, 0) is 24.3 Å². The maximum absolute atomic E-state index is 13.9. The van der Waals surface area contributed by atoms with Crippen LogP contribution in [-0.4, -0.2) is 38.9 Å². The highest BCUT2D eigenvalue weighted by molar-refractivity contribution is 6.40. The van der Waals surface area contributed by atoms with Gasteiger partial charge in [0.05, 0.1) is 15.6 Å². The van der Waals surface area contributed by atoms with E-state index in [1.807, 2.05) is 5.32 Å². The molecule has 176 valence electrons. The van der Waals surface area contributed by atoms with E-state index in [1.165, 1.54) is 18.2 Å². The van der Waals surface area contributed by atoms with Crippen LogP contribution in [-0.2, 0) is 11.2 Å². The van der Waals surface area contributed by atoms with Gasteiger partial charge in [-0.1, -0.05) is 35.3 Å². The molecule has 4 N–H and O–H groups in total. The van der Waals surface area contributed by atoms with Crippen molar-refractivity contribution in [3.8, 4) is 0 Å². The zero-order chi connectivity index (χ0) is 25.0. The zero-order valence-electron chi connectivity index (χ0n) is 16.9. The largest absolute Gasteiger partial charge is 0.480 e. The summed E-state index contributed by atoms with van der Waals surface area (Å²) in [5, 5.41) is 14.0. The summed E-state index contributed by atoms with van der Waals surface area (Å²) in [7, 11) is 0. The lowest BCUT2D eigenvalue weighted by atomic mass is 10.1. The number of aromatic amines is 1. The number of nitrogens with zero attached hydrogens (tertiary/aromatic N) is 1. The Kier molecular flexibility index (Phi) is 7.59. The summed E-state index contributed by atoms with van der Waals surface area (Å²) in [6, 6.07) is 5.36. The van der Waals surface area contributed by atoms with Crippen molar-refractivity contribution < 1.29 is 28.3 Å². The van der Waals surface area contributed by atoms with Crippen LogP contribution >= 0.6 is 23.2 Å². The van der Waals surface area contributed by atoms with Crippen LogP contribution in [0.15, 0.2) is 47.4 Å². The Morgan fingerprint density at radius 2 is 1.59 bits per heavy atom. The molecule has 2 amide bonds. The molecular formula is C21H14Cl2F2N4O5. The van der Waals surface area contributed by atoms with Gasteiger partial charge < -0.3 is 15.7 Å². The Hall–Kier alpha value is -3.83. The van der Waals surface area contributed by atoms with Crippen molar-refractivity contribution in [2.24, 2.45) is 0 Å². The third-order valence-corrected chi connectivity index (χ3v) is 5.17. The van der Waals surface area contributed by atoms with Crippen LogP contribution in [0.1, 0.15) is 26.3 Å². The quantitative estimate of drug-likeness (QED) is 0.385. The van der Waals surface area contributed by atoms with E-state index >= 15 is 0 Å². The Labute approximate surface area is 199 Å². The number of carbonyl (C=O) groups excluding carboxylic acids is 2.